The minimum Gasteiger partial charge on any atom is -0.396 e. The van der Waals surface area contributed by atoms with Crippen LogP contribution >= 0.6 is 0 Å². The first kappa shape index (κ1) is 17.0. The predicted octanol–water partition coefficient (Wildman–Crippen LogP) is 4.67. The number of rotatable bonds is 5. The van der Waals surface area contributed by atoms with E-state index in [0.29, 0.717) is 0 Å². The minimum absolute atomic E-state index is 0.205. The molecule has 1 aromatic heterocycles. The first-order chi connectivity index (χ1) is 12.7. The molecule has 2 nitrogen and oxygen atoms in total. The van der Waals surface area contributed by atoms with Crippen LogP contribution < -0.4 is 0 Å². The largest absolute Gasteiger partial charge is 0.396 e. The van der Waals surface area contributed by atoms with Gasteiger partial charge in [-0.1, -0.05) is 48.0 Å². The monoisotopic (exact) mass is 343 g/mol. The Morgan fingerprint density at radius 3 is 2.54 bits per heavy atom. The van der Waals surface area contributed by atoms with Crippen molar-refractivity contribution in [1.29, 1.82) is 0 Å². The van der Waals surface area contributed by atoms with Crippen molar-refractivity contribution in [2.24, 2.45) is 0 Å². The topological polar surface area (TPSA) is 33.1 Å². The highest BCUT2D eigenvalue weighted by Crippen LogP contribution is 2.30. The summed E-state index contributed by atoms with van der Waals surface area (Å²) in [6, 6.07) is 19.6. The summed E-state index contributed by atoms with van der Waals surface area (Å²) in [4.78, 5) is 4.98. The van der Waals surface area contributed by atoms with Crippen LogP contribution in [0.15, 0.2) is 54.6 Å². The zero-order chi connectivity index (χ0) is 17.9. The Kier molecular flexibility index (Phi) is 4.85. The second kappa shape index (κ2) is 7.43. The molecule has 1 aliphatic carbocycles. The maximum Gasteiger partial charge on any atom is 0.0708 e. The lowest BCUT2D eigenvalue weighted by atomic mass is 9.96. The summed E-state index contributed by atoms with van der Waals surface area (Å²) in [7, 11) is 0. The zero-order valence-electron chi connectivity index (χ0n) is 15.3. The Morgan fingerprint density at radius 1 is 0.962 bits per heavy atom. The lowest BCUT2D eigenvalue weighted by molar-refractivity contribution is 0.299. The number of pyridine rings is 1. The van der Waals surface area contributed by atoms with E-state index in [1.54, 1.807) is 0 Å². The van der Waals surface area contributed by atoms with Crippen LogP contribution in [-0.2, 0) is 25.7 Å². The number of benzene rings is 2. The first-order valence-corrected chi connectivity index (χ1v) is 9.50. The average molecular weight is 343 g/mol. The fourth-order valence-electron chi connectivity index (χ4n) is 3.91. The summed E-state index contributed by atoms with van der Waals surface area (Å²) in [6.07, 6.45) is 5.12. The molecule has 3 aromatic rings. The van der Waals surface area contributed by atoms with Crippen LogP contribution in [0.5, 0.6) is 0 Å². The van der Waals surface area contributed by atoms with Crippen LogP contribution in [-0.4, -0.2) is 16.7 Å². The van der Waals surface area contributed by atoms with E-state index in [-0.39, 0.29) is 6.61 Å². The summed E-state index contributed by atoms with van der Waals surface area (Å²) in [5, 5.41) is 9.08. The van der Waals surface area contributed by atoms with E-state index in [9.17, 15) is 0 Å². The quantitative estimate of drug-likeness (QED) is 0.730. The number of fused-ring (bicyclic) bond motifs is 1. The van der Waals surface area contributed by atoms with Gasteiger partial charge in [0.1, 0.15) is 0 Å². The molecule has 0 radical (unpaired) electrons. The van der Waals surface area contributed by atoms with Gasteiger partial charge in [0.05, 0.1) is 5.69 Å². The third-order valence-corrected chi connectivity index (χ3v) is 5.27. The van der Waals surface area contributed by atoms with Gasteiger partial charge in [-0.25, -0.2) is 0 Å². The first-order valence-electron chi connectivity index (χ1n) is 9.50. The Labute approximate surface area is 155 Å². The highest BCUT2D eigenvalue weighted by Gasteiger charge is 2.18. The fraction of sp³-hybridized carbons (Fsp3) is 0.292. The van der Waals surface area contributed by atoms with Gasteiger partial charge >= 0.3 is 0 Å². The second-order valence-electron chi connectivity index (χ2n) is 7.28. The van der Waals surface area contributed by atoms with Crippen molar-refractivity contribution in [3.63, 3.8) is 0 Å². The molecule has 26 heavy (non-hydrogen) atoms. The maximum absolute atomic E-state index is 9.08. The molecular weight excluding hydrogens is 318 g/mol. The Bertz CT molecular complexity index is 912. The Balaban J connectivity index is 1.69. The average Bonchev–Trinajstić information content (AvgIpc) is 3.12. The molecule has 0 aliphatic heterocycles. The van der Waals surface area contributed by atoms with Crippen LogP contribution in [0.3, 0.4) is 0 Å². The van der Waals surface area contributed by atoms with Gasteiger partial charge in [0.25, 0.3) is 0 Å². The summed E-state index contributed by atoms with van der Waals surface area (Å²) in [5.41, 5.74) is 10.3. The molecule has 0 bridgehead atoms. The van der Waals surface area contributed by atoms with Crippen LogP contribution in [0, 0.1) is 6.92 Å². The molecule has 0 saturated heterocycles. The molecule has 0 saturated carbocycles. The van der Waals surface area contributed by atoms with Crippen molar-refractivity contribution < 1.29 is 5.11 Å². The van der Waals surface area contributed by atoms with E-state index in [0.717, 1.165) is 31.4 Å². The Hall–Kier alpha value is -2.45. The molecule has 132 valence electrons. The van der Waals surface area contributed by atoms with Gasteiger partial charge in [-0.2, -0.15) is 0 Å². The van der Waals surface area contributed by atoms with E-state index in [1.165, 1.54) is 45.5 Å². The van der Waals surface area contributed by atoms with E-state index in [1.807, 2.05) is 0 Å². The molecule has 1 N–H and O–H groups in total. The van der Waals surface area contributed by atoms with Crippen molar-refractivity contribution in [1.82, 2.24) is 4.98 Å². The minimum atomic E-state index is 0.205. The molecule has 0 amide bonds. The van der Waals surface area contributed by atoms with Crippen molar-refractivity contribution in [2.45, 2.75) is 39.0 Å². The van der Waals surface area contributed by atoms with Crippen LogP contribution in [0.4, 0.5) is 0 Å². The van der Waals surface area contributed by atoms with Gasteiger partial charge in [-0.05, 0) is 73.4 Å². The fourth-order valence-corrected chi connectivity index (χ4v) is 3.91. The van der Waals surface area contributed by atoms with Gasteiger partial charge in [-0.15, -0.1) is 0 Å². The maximum atomic E-state index is 9.08. The summed E-state index contributed by atoms with van der Waals surface area (Å²) in [5.74, 6) is 0. The van der Waals surface area contributed by atoms with E-state index in [4.69, 9.17) is 10.1 Å². The molecule has 0 unspecified atom stereocenters. The lowest BCUT2D eigenvalue weighted by Gasteiger charge is -2.12. The van der Waals surface area contributed by atoms with Crippen molar-refractivity contribution in [2.75, 3.05) is 6.61 Å². The number of aliphatic hydroxyl groups excluding tert-OH is 1. The highest BCUT2D eigenvalue weighted by atomic mass is 16.2. The predicted molar refractivity (Wildman–Crippen MR) is 106 cm³/mol. The molecule has 2 aromatic carbocycles. The number of aliphatic hydroxyl groups is 1. The summed E-state index contributed by atoms with van der Waals surface area (Å²) in [6.45, 7) is 2.34. The molecule has 1 heterocycles. The van der Waals surface area contributed by atoms with E-state index >= 15 is 0 Å². The molecular formula is C24H25NO. The number of aromatic nitrogens is 1. The van der Waals surface area contributed by atoms with Gasteiger partial charge < -0.3 is 5.11 Å². The van der Waals surface area contributed by atoms with E-state index < -0.39 is 0 Å². The standard InChI is InChI=1S/C24H25NO/c1-17-4-2-5-20(14-17)24-16-21(22-6-3-7-23(22)25-24)15-19-10-8-18(9-11-19)12-13-26/h2,4-5,8-11,14,16,26H,3,6-7,12-13,15H2,1H3. The van der Waals surface area contributed by atoms with E-state index in [2.05, 4.69) is 61.5 Å². The number of aryl methyl sites for hydroxylation is 2. The lowest BCUT2D eigenvalue weighted by Crippen LogP contribution is -2.00. The molecule has 0 spiro atoms. The highest BCUT2D eigenvalue weighted by molar-refractivity contribution is 5.62. The molecule has 2 heteroatoms. The number of nitrogens with zero attached hydrogens (tertiary/aromatic N) is 1. The van der Waals surface area contributed by atoms with Gasteiger partial charge in [0.15, 0.2) is 0 Å². The third-order valence-electron chi connectivity index (χ3n) is 5.27. The SMILES string of the molecule is Cc1cccc(-c2cc(Cc3ccc(CCO)cc3)c3c(n2)CCC3)c1. The van der Waals surface area contributed by atoms with Gasteiger partial charge in [0.2, 0.25) is 0 Å². The van der Waals surface area contributed by atoms with Crippen molar-refractivity contribution >= 4 is 0 Å². The van der Waals surface area contributed by atoms with Crippen LogP contribution in [0.1, 0.15) is 39.9 Å². The summed E-state index contributed by atoms with van der Waals surface area (Å²) < 4.78 is 0. The summed E-state index contributed by atoms with van der Waals surface area (Å²) >= 11 is 0. The van der Waals surface area contributed by atoms with Gasteiger partial charge in [0, 0.05) is 17.9 Å². The van der Waals surface area contributed by atoms with Crippen LogP contribution in [0.2, 0.25) is 0 Å². The normalized spacial score (nSPS) is 13.0. The third kappa shape index (κ3) is 3.56. The van der Waals surface area contributed by atoms with Gasteiger partial charge in [-0.3, -0.25) is 4.98 Å². The molecule has 0 fully saturated rings. The molecule has 1 aliphatic rings. The number of hydrogen-bond donors (Lipinski definition) is 1. The molecule has 0 atom stereocenters. The zero-order valence-corrected chi connectivity index (χ0v) is 15.3. The molecule has 4 rings (SSSR count). The van der Waals surface area contributed by atoms with Crippen molar-refractivity contribution in [3.8, 4) is 11.3 Å². The smallest absolute Gasteiger partial charge is 0.0708 e. The second-order valence-corrected chi connectivity index (χ2v) is 7.28. The van der Waals surface area contributed by atoms with Crippen molar-refractivity contribution in [3.05, 3.63) is 88.1 Å². The number of hydrogen-bond acceptors (Lipinski definition) is 2. The van der Waals surface area contributed by atoms with Crippen LogP contribution in [0.25, 0.3) is 11.3 Å². The Morgan fingerprint density at radius 2 is 1.77 bits per heavy atom.